The SMILES string of the molecule is Cc1ccc(C(=O)Nc2ccc(C#Cc3ccccc3)cc2)cc1. The van der Waals surface area contributed by atoms with Crippen molar-refractivity contribution in [1.82, 2.24) is 0 Å². The highest BCUT2D eigenvalue weighted by Gasteiger charge is 2.05. The highest BCUT2D eigenvalue weighted by Crippen LogP contribution is 2.12. The Hall–Kier alpha value is -3.31. The molecule has 2 heteroatoms. The molecule has 0 aromatic heterocycles. The smallest absolute Gasteiger partial charge is 0.255 e. The monoisotopic (exact) mass is 311 g/mol. The first-order valence-electron chi connectivity index (χ1n) is 7.76. The maximum absolute atomic E-state index is 12.2. The van der Waals surface area contributed by atoms with Crippen molar-refractivity contribution >= 4 is 11.6 Å². The third-order valence-electron chi connectivity index (χ3n) is 3.58. The van der Waals surface area contributed by atoms with E-state index in [0.717, 1.165) is 22.4 Å². The van der Waals surface area contributed by atoms with Gasteiger partial charge in [0.15, 0.2) is 0 Å². The van der Waals surface area contributed by atoms with Crippen molar-refractivity contribution in [3.63, 3.8) is 0 Å². The zero-order valence-corrected chi connectivity index (χ0v) is 13.4. The zero-order valence-electron chi connectivity index (χ0n) is 13.4. The summed E-state index contributed by atoms with van der Waals surface area (Å²) in [6.45, 7) is 2.00. The minimum atomic E-state index is -0.113. The number of aryl methyl sites for hydroxylation is 1. The van der Waals surface area contributed by atoms with Crippen LogP contribution in [0.5, 0.6) is 0 Å². The standard InChI is InChI=1S/C22H17NO/c1-17-7-13-20(14-8-17)22(24)23-21-15-11-19(12-16-21)10-9-18-5-3-2-4-6-18/h2-8,11-16H,1H3,(H,23,24). The summed E-state index contributed by atoms with van der Waals surface area (Å²) < 4.78 is 0. The molecule has 0 radical (unpaired) electrons. The molecule has 0 heterocycles. The van der Waals surface area contributed by atoms with Crippen LogP contribution in [0.3, 0.4) is 0 Å². The van der Waals surface area contributed by atoms with Crippen LogP contribution in [0.25, 0.3) is 0 Å². The summed E-state index contributed by atoms with van der Waals surface area (Å²) in [7, 11) is 0. The molecule has 24 heavy (non-hydrogen) atoms. The Kier molecular flexibility index (Phi) is 4.74. The van der Waals surface area contributed by atoms with Gasteiger partial charge < -0.3 is 5.32 Å². The van der Waals surface area contributed by atoms with Crippen LogP contribution >= 0.6 is 0 Å². The quantitative estimate of drug-likeness (QED) is 0.686. The Balaban J connectivity index is 1.67. The summed E-state index contributed by atoms with van der Waals surface area (Å²) in [4.78, 5) is 12.2. The molecule has 3 aromatic rings. The maximum Gasteiger partial charge on any atom is 0.255 e. The molecule has 116 valence electrons. The lowest BCUT2D eigenvalue weighted by molar-refractivity contribution is 0.102. The molecule has 0 spiro atoms. The molecule has 3 rings (SSSR count). The average molecular weight is 311 g/mol. The molecule has 0 unspecified atom stereocenters. The summed E-state index contributed by atoms with van der Waals surface area (Å²) >= 11 is 0. The molecular weight excluding hydrogens is 294 g/mol. The fourth-order valence-corrected chi connectivity index (χ4v) is 2.21. The number of benzene rings is 3. The van der Waals surface area contributed by atoms with E-state index >= 15 is 0 Å². The lowest BCUT2D eigenvalue weighted by Crippen LogP contribution is -2.11. The van der Waals surface area contributed by atoms with Crippen molar-refractivity contribution in [3.05, 3.63) is 101 Å². The predicted molar refractivity (Wildman–Crippen MR) is 98.0 cm³/mol. The van der Waals surface area contributed by atoms with E-state index in [1.165, 1.54) is 0 Å². The molecule has 2 nitrogen and oxygen atoms in total. The molecule has 0 aliphatic carbocycles. The summed E-state index contributed by atoms with van der Waals surface area (Å²) in [5.74, 6) is 6.12. The highest BCUT2D eigenvalue weighted by molar-refractivity contribution is 6.04. The van der Waals surface area contributed by atoms with E-state index in [1.807, 2.05) is 85.8 Å². The van der Waals surface area contributed by atoms with Crippen LogP contribution in [0.2, 0.25) is 0 Å². The number of carbonyl (C=O) groups is 1. The summed E-state index contributed by atoms with van der Waals surface area (Å²) in [6, 6.07) is 24.9. The number of anilines is 1. The second-order valence-corrected chi connectivity index (χ2v) is 5.51. The van der Waals surface area contributed by atoms with Gasteiger partial charge in [0.25, 0.3) is 5.91 Å². The van der Waals surface area contributed by atoms with Crippen molar-refractivity contribution in [2.45, 2.75) is 6.92 Å². The van der Waals surface area contributed by atoms with Crippen LogP contribution < -0.4 is 5.32 Å². The van der Waals surface area contributed by atoms with E-state index in [2.05, 4.69) is 17.2 Å². The van der Waals surface area contributed by atoms with E-state index in [9.17, 15) is 4.79 Å². The summed E-state index contributed by atoms with van der Waals surface area (Å²) in [5.41, 5.74) is 4.42. The van der Waals surface area contributed by atoms with Gasteiger partial charge in [-0.05, 0) is 55.5 Å². The maximum atomic E-state index is 12.2. The lowest BCUT2D eigenvalue weighted by Gasteiger charge is -2.05. The molecule has 0 aliphatic rings. The fourth-order valence-electron chi connectivity index (χ4n) is 2.21. The summed E-state index contributed by atoms with van der Waals surface area (Å²) in [5, 5.41) is 2.89. The molecule has 0 fully saturated rings. The van der Waals surface area contributed by atoms with Crippen molar-refractivity contribution in [2.75, 3.05) is 5.32 Å². The third kappa shape index (κ3) is 4.12. The largest absolute Gasteiger partial charge is 0.322 e. The van der Waals surface area contributed by atoms with Crippen molar-refractivity contribution in [1.29, 1.82) is 0 Å². The second-order valence-electron chi connectivity index (χ2n) is 5.51. The Morgan fingerprint density at radius 1 is 0.750 bits per heavy atom. The Bertz CT molecular complexity index is 883. The van der Waals surface area contributed by atoms with Gasteiger partial charge in [-0.25, -0.2) is 0 Å². The van der Waals surface area contributed by atoms with Crippen molar-refractivity contribution < 1.29 is 4.79 Å². The molecule has 0 atom stereocenters. The third-order valence-corrected chi connectivity index (χ3v) is 3.58. The fraction of sp³-hybridized carbons (Fsp3) is 0.0455. The first kappa shape index (κ1) is 15.6. The Labute approximate surface area is 142 Å². The van der Waals surface area contributed by atoms with Crippen LogP contribution in [0.4, 0.5) is 5.69 Å². The number of carbonyl (C=O) groups excluding carboxylic acids is 1. The predicted octanol–water partition coefficient (Wildman–Crippen LogP) is 4.65. The number of amides is 1. The number of hydrogen-bond donors (Lipinski definition) is 1. The van der Waals surface area contributed by atoms with E-state index in [0.29, 0.717) is 5.56 Å². The zero-order chi connectivity index (χ0) is 16.8. The number of nitrogens with one attached hydrogen (secondary N) is 1. The van der Waals surface area contributed by atoms with Crippen LogP contribution in [0.15, 0.2) is 78.9 Å². The average Bonchev–Trinajstić information content (AvgIpc) is 2.62. The molecule has 1 N–H and O–H groups in total. The van der Waals surface area contributed by atoms with E-state index in [4.69, 9.17) is 0 Å². The van der Waals surface area contributed by atoms with Gasteiger partial charge >= 0.3 is 0 Å². The van der Waals surface area contributed by atoms with E-state index < -0.39 is 0 Å². The van der Waals surface area contributed by atoms with Gasteiger partial charge in [0.05, 0.1) is 0 Å². The van der Waals surface area contributed by atoms with Crippen molar-refractivity contribution in [2.24, 2.45) is 0 Å². The van der Waals surface area contributed by atoms with Crippen LogP contribution in [0, 0.1) is 18.8 Å². The van der Waals surface area contributed by atoms with Gasteiger partial charge in [0.2, 0.25) is 0 Å². The summed E-state index contributed by atoms with van der Waals surface area (Å²) in [6.07, 6.45) is 0. The molecule has 3 aromatic carbocycles. The van der Waals surface area contributed by atoms with Gasteiger partial charge in [-0.2, -0.15) is 0 Å². The minimum Gasteiger partial charge on any atom is -0.322 e. The van der Waals surface area contributed by atoms with Gasteiger partial charge in [-0.15, -0.1) is 0 Å². The normalized spacial score (nSPS) is 9.71. The van der Waals surface area contributed by atoms with Gasteiger partial charge in [-0.3, -0.25) is 4.79 Å². The van der Waals surface area contributed by atoms with E-state index in [1.54, 1.807) is 0 Å². The lowest BCUT2D eigenvalue weighted by atomic mass is 10.1. The van der Waals surface area contributed by atoms with Crippen LogP contribution in [-0.4, -0.2) is 5.91 Å². The first-order chi connectivity index (χ1) is 11.7. The molecule has 0 bridgehead atoms. The molecule has 0 aliphatic heterocycles. The molecule has 1 amide bonds. The van der Waals surface area contributed by atoms with E-state index in [-0.39, 0.29) is 5.91 Å². The van der Waals surface area contributed by atoms with Gasteiger partial charge in [-0.1, -0.05) is 47.7 Å². The Morgan fingerprint density at radius 3 is 1.96 bits per heavy atom. The van der Waals surface area contributed by atoms with Gasteiger partial charge in [0, 0.05) is 22.4 Å². The highest BCUT2D eigenvalue weighted by atomic mass is 16.1. The first-order valence-corrected chi connectivity index (χ1v) is 7.76. The molecule has 0 saturated carbocycles. The van der Waals surface area contributed by atoms with Crippen molar-refractivity contribution in [3.8, 4) is 11.8 Å². The number of hydrogen-bond acceptors (Lipinski definition) is 1. The molecular formula is C22H17NO. The molecule has 0 saturated heterocycles. The minimum absolute atomic E-state index is 0.113. The topological polar surface area (TPSA) is 29.1 Å². The Morgan fingerprint density at radius 2 is 1.33 bits per heavy atom. The number of rotatable bonds is 2. The van der Waals surface area contributed by atoms with Gasteiger partial charge in [0.1, 0.15) is 0 Å². The van der Waals surface area contributed by atoms with Crippen LogP contribution in [0.1, 0.15) is 27.0 Å². The second kappa shape index (κ2) is 7.30. The van der Waals surface area contributed by atoms with Crippen LogP contribution in [-0.2, 0) is 0 Å².